The second kappa shape index (κ2) is 4.30. The molecule has 0 saturated heterocycles. The second-order valence-electron chi connectivity index (χ2n) is 4.63. The predicted molar refractivity (Wildman–Crippen MR) is 66.5 cm³/mol. The molecule has 0 bridgehead atoms. The van der Waals surface area contributed by atoms with E-state index < -0.39 is 6.35 Å². The van der Waals surface area contributed by atoms with Crippen LogP contribution < -0.4 is 4.90 Å². The van der Waals surface area contributed by atoms with Crippen LogP contribution in [-0.4, -0.2) is 49.1 Å². The first-order valence-corrected chi connectivity index (χ1v) is 6.01. The molecular weight excluding hydrogens is 264 g/mol. The van der Waals surface area contributed by atoms with Gasteiger partial charge in [0.05, 0.1) is 6.33 Å². The quantitative estimate of drug-likeness (QED) is 0.788. The summed E-state index contributed by atoms with van der Waals surface area (Å²) >= 11 is 0. The lowest BCUT2D eigenvalue weighted by Gasteiger charge is -2.37. The third-order valence-corrected chi connectivity index (χ3v) is 3.21. The van der Waals surface area contributed by atoms with Gasteiger partial charge in [-0.3, -0.25) is 9.69 Å². The Morgan fingerprint density at radius 2 is 2.15 bits per heavy atom. The molecule has 1 atom stereocenters. The van der Waals surface area contributed by atoms with Gasteiger partial charge in [-0.1, -0.05) is 0 Å². The Morgan fingerprint density at radius 3 is 2.80 bits per heavy atom. The lowest BCUT2D eigenvalue weighted by molar-refractivity contribution is -0.00415. The molecule has 1 N–H and O–H groups in total. The zero-order valence-electron chi connectivity index (χ0n) is 11.3. The SMILES string of the molecule is Cc1nnc(CN2C(=O)c3c(ncn3C)N(C)C2O)o1. The monoisotopic (exact) mass is 278 g/mol. The molecule has 106 valence electrons. The smallest absolute Gasteiger partial charge is 0.278 e. The lowest BCUT2D eigenvalue weighted by atomic mass is 10.2. The van der Waals surface area contributed by atoms with E-state index in [9.17, 15) is 9.90 Å². The van der Waals surface area contributed by atoms with Crippen LogP contribution in [0.25, 0.3) is 0 Å². The maximum atomic E-state index is 12.5. The number of carbonyl (C=O) groups excluding carboxylic acids is 1. The second-order valence-corrected chi connectivity index (χ2v) is 4.63. The molecule has 0 aromatic carbocycles. The molecule has 1 amide bonds. The first-order valence-electron chi connectivity index (χ1n) is 6.01. The standard InChI is InChI=1S/C11H14N6O3/c1-6-13-14-7(20-6)4-17-10(18)8-9(12-5-15(8)2)16(3)11(17)19/h5,11,19H,4H2,1-3H3. The molecule has 9 nitrogen and oxygen atoms in total. The highest BCUT2D eigenvalue weighted by atomic mass is 16.4. The number of aliphatic hydroxyl groups is 1. The van der Waals surface area contributed by atoms with Crippen molar-refractivity contribution in [1.82, 2.24) is 24.6 Å². The van der Waals surface area contributed by atoms with Crippen molar-refractivity contribution in [3.8, 4) is 0 Å². The molecular formula is C11H14N6O3. The minimum absolute atomic E-state index is 0.0375. The van der Waals surface area contributed by atoms with Crippen molar-refractivity contribution in [2.24, 2.45) is 7.05 Å². The van der Waals surface area contributed by atoms with Crippen LogP contribution in [-0.2, 0) is 13.6 Å². The number of imidazole rings is 1. The van der Waals surface area contributed by atoms with Crippen LogP contribution in [0, 0.1) is 6.92 Å². The van der Waals surface area contributed by atoms with Gasteiger partial charge in [0.25, 0.3) is 5.91 Å². The molecule has 2 aromatic heterocycles. The Hall–Kier alpha value is -2.42. The van der Waals surface area contributed by atoms with Gasteiger partial charge in [0.15, 0.2) is 11.5 Å². The molecule has 0 fully saturated rings. The Balaban J connectivity index is 1.96. The summed E-state index contributed by atoms with van der Waals surface area (Å²) in [5.41, 5.74) is 0.411. The molecule has 1 aliphatic rings. The number of anilines is 1. The maximum absolute atomic E-state index is 12.5. The van der Waals surface area contributed by atoms with Gasteiger partial charge in [-0.15, -0.1) is 10.2 Å². The summed E-state index contributed by atoms with van der Waals surface area (Å²) in [7, 11) is 3.39. The van der Waals surface area contributed by atoms with Crippen LogP contribution >= 0.6 is 0 Å². The number of amides is 1. The maximum Gasteiger partial charge on any atom is 0.278 e. The number of aliphatic hydroxyl groups excluding tert-OH is 1. The van der Waals surface area contributed by atoms with Gasteiger partial charge in [0.2, 0.25) is 18.1 Å². The number of rotatable bonds is 2. The zero-order valence-corrected chi connectivity index (χ0v) is 11.3. The van der Waals surface area contributed by atoms with Gasteiger partial charge in [0, 0.05) is 21.0 Å². The summed E-state index contributed by atoms with van der Waals surface area (Å²) in [5.74, 6) is 0.798. The average Bonchev–Trinajstić information content (AvgIpc) is 2.98. The van der Waals surface area contributed by atoms with E-state index in [1.54, 1.807) is 25.6 Å². The number of carbonyl (C=O) groups is 1. The van der Waals surface area contributed by atoms with E-state index in [0.717, 1.165) is 0 Å². The van der Waals surface area contributed by atoms with Crippen LogP contribution in [0.2, 0.25) is 0 Å². The molecule has 1 aliphatic heterocycles. The molecule has 0 radical (unpaired) electrons. The summed E-state index contributed by atoms with van der Waals surface area (Å²) < 4.78 is 6.87. The van der Waals surface area contributed by atoms with E-state index in [1.165, 1.54) is 16.1 Å². The fraction of sp³-hybridized carbons (Fsp3) is 0.455. The number of fused-ring (bicyclic) bond motifs is 1. The van der Waals surface area contributed by atoms with Gasteiger partial charge in [-0.05, 0) is 0 Å². The van der Waals surface area contributed by atoms with Gasteiger partial charge in [0.1, 0.15) is 6.54 Å². The first-order chi connectivity index (χ1) is 9.49. The minimum Gasteiger partial charge on any atom is -0.424 e. The van der Waals surface area contributed by atoms with Crippen molar-refractivity contribution >= 4 is 11.7 Å². The molecule has 0 saturated carbocycles. The molecule has 0 spiro atoms. The van der Waals surface area contributed by atoms with Crippen molar-refractivity contribution < 1.29 is 14.3 Å². The highest BCUT2D eigenvalue weighted by Crippen LogP contribution is 2.28. The molecule has 3 heterocycles. The average molecular weight is 278 g/mol. The predicted octanol–water partition coefficient (Wildman–Crippen LogP) is -0.520. The lowest BCUT2D eigenvalue weighted by Crippen LogP contribution is -2.53. The van der Waals surface area contributed by atoms with Crippen molar-refractivity contribution in [3.05, 3.63) is 23.8 Å². The summed E-state index contributed by atoms with van der Waals surface area (Å²) in [6.07, 6.45) is 0.406. The Morgan fingerprint density at radius 1 is 1.40 bits per heavy atom. The first kappa shape index (κ1) is 12.6. The normalized spacial score (nSPS) is 18.6. The molecule has 0 aliphatic carbocycles. The number of hydrogen-bond donors (Lipinski definition) is 1. The molecule has 2 aromatic rings. The molecule has 1 unspecified atom stereocenters. The fourth-order valence-corrected chi connectivity index (χ4v) is 2.18. The van der Waals surface area contributed by atoms with Gasteiger partial charge >= 0.3 is 0 Å². The van der Waals surface area contributed by atoms with E-state index in [-0.39, 0.29) is 18.3 Å². The zero-order chi connectivity index (χ0) is 14.4. The Labute approximate surface area is 114 Å². The van der Waals surface area contributed by atoms with Crippen molar-refractivity contribution in [3.63, 3.8) is 0 Å². The third-order valence-electron chi connectivity index (χ3n) is 3.21. The van der Waals surface area contributed by atoms with Gasteiger partial charge in [-0.2, -0.15) is 0 Å². The topological polar surface area (TPSA) is 101 Å². The van der Waals surface area contributed by atoms with Crippen LogP contribution in [0.1, 0.15) is 22.3 Å². The number of hydrogen-bond acceptors (Lipinski definition) is 7. The number of aryl methyl sites for hydroxylation is 2. The van der Waals surface area contributed by atoms with E-state index in [0.29, 0.717) is 17.4 Å². The fourth-order valence-electron chi connectivity index (χ4n) is 2.18. The number of nitrogens with zero attached hydrogens (tertiary/aromatic N) is 6. The minimum atomic E-state index is -1.13. The van der Waals surface area contributed by atoms with Gasteiger partial charge in [-0.25, -0.2) is 4.98 Å². The summed E-state index contributed by atoms with van der Waals surface area (Å²) in [6.45, 7) is 1.70. The largest absolute Gasteiger partial charge is 0.424 e. The highest BCUT2D eigenvalue weighted by molar-refractivity contribution is 5.99. The van der Waals surface area contributed by atoms with Crippen molar-refractivity contribution in [1.29, 1.82) is 0 Å². The van der Waals surface area contributed by atoms with Crippen LogP contribution in [0.15, 0.2) is 10.7 Å². The molecule has 3 rings (SSSR count). The van der Waals surface area contributed by atoms with Crippen LogP contribution in [0.4, 0.5) is 5.82 Å². The summed E-state index contributed by atoms with van der Waals surface area (Å²) in [6, 6.07) is 0. The third kappa shape index (κ3) is 1.74. The Kier molecular flexibility index (Phi) is 2.71. The highest BCUT2D eigenvalue weighted by Gasteiger charge is 2.38. The van der Waals surface area contributed by atoms with Crippen LogP contribution in [0.3, 0.4) is 0 Å². The molecule has 9 heteroatoms. The van der Waals surface area contributed by atoms with Crippen LogP contribution in [0.5, 0.6) is 0 Å². The Bertz CT molecular complexity index is 663. The molecule has 20 heavy (non-hydrogen) atoms. The summed E-state index contributed by atoms with van der Waals surface area (Å²) in [4.78, 5) is 19.3. The summed E-state index contributed by atoms with van der Waals surface area (Å²) in [5, 5.41) is 17.8. The van der Waals surface area contributed by atoms with Gasteiger partial charge < -0.3 is 19.0 Å². The number of aromatic nitrogens is 4. The van der Waals surface area contributed by atoms with Crippen molar-refractivity contribution in [2.45, 2.75) is 19.8 Å². The van der Waals surface area contributed by atoms with E-state index in [2.05, 4.69) is 15.2 Å². The van der Waals surface area contributed by atoms with E-state index >= 15 is 0 Å². The van der Waals surface area contributed by atoms with Crippen molar-refractivity contribution in [2.75, 3.05) is 11.9 Å². The van der Waals surface area contributed by atoms with E-state index in [4.69, 9.17) is 4.42 Å². The van der Waals surface area contributed by atoms with E-state index in [1.807, 2.05) is 0 Å².